The number of non-ortho nitro benzene ring substituents is 1. The summed E-state index contributed by atoms with van der Waals surface area (Å²) >= 11 is 0. The molecule has 0 aliphatic carbocycles. The van der Waals surface area contributed by atoms with E-state index >= 15 is 0 Å². The molecule has 1 atom stereocenters. The molecule has 0 saturated carbocycles. The number of carbonyl (C=O) groups is 1. The smallest absolute Gasteiger partial charge is 0.269 e. The molecule has 1 aromatic carbocycles. The molecule has 1 fully saturated rings. The summed E-state index contributed by atoms with van der Waals surface area (Å²) < 4.78 is 0. The van der Waals surface area contributed by atoms with Crippen molar-refractivity contribution in [3.63, 3.8) is 0 Å². The third kappa shape index (κ3) is 3.91. The van der Waals surface area contributed by atoms with Crippen LogP contribution in [0.25, 0.3) is 0 Å². The van der Waals surface area contributed by atoms with Gasteiger partial charge in [-0.3, -0.25) is 14.9 Å². The first-order valence-corrected chi connectivity index (χ1v) is 6.34. The Balaban J connectivity index is 0.00000200. The third-order valence-electron chi connectivity index (χ3n) is 3.34. The monoisotopic (exact) mass is 299 g/mol. The van der Waals surface area contributed by atoms with E-state index in [1.807, 2.05) is 0 Å². The highest BCUT2D eigenvalue weighted by molar-refractivity contribution is 5.95. The topological polar surface area (TPSA) is 84.3 Å². The molecule has 1 amide bonds. The van der Waals surface area contributed by atoms with Gasteiger partial charge in [0.25, 0.3) is 11.6 Å². The van der Waals surface area contributed by atoms with Crippen molar-refractivity contribution in [3.05, 3.63) is 39.4 Å². The van der Waals surface area contributed by atoms with Gasteiger partial charge in [0.1, 0.15) is 0 Å². The minimum Gasteiger partial charge on any atom is -0.350 e. The number of nitrogens with zero attached hydrogens (tertiary/aromatic N) is 1. The van der Waals surface area contributed by atoms with Crippen LogP contribution in [-0.2, 0) is 0 Å². The summed E-state index contributed by atoms with van der Waals surface area (Å²) in [5, 5.41) is 16.8. The average Bonchev–Trinajstić information content (AvgIpc) is 2.88. The lowest BCUT2D eigenvalue weighted by Gasteiger charge is -2.12. The van der Waals surface area contributed by atoms with Gasteiger partial charge in [0.2, 0.25) is 0 Å². The van der Waals surface area contributed by atoms with Gasteiger partial charge in [0.05, 0.1) is 4.92 Å². The van der Waals surface area contributed by atoms with Gasteiger partial charge in [-0.2, -0.15) is 0 Å². The zero-order valence-electron chi connectivity index (χ0n) is 11.2. The van der Waals surface area contributed by atoms with Gasteiger partial charge in [-0.1, -0.05) is 0 Å². The Labute approximate surface area is 123 Å². The summed E-state index contributed by atoms with van der Waals surface area (Å²) in [5.74, 6) is -0.180. The number of amides is 1. The molecule has 0 spiro atoms. The zero-order valence-corrected chi connectivity index (χ0v) is 12.0. The van der Waals surface area contributed by atoms with Crippen LogP contribution < -0.4 is 10.6 Å². The van der Waals surface area contributed by atoms with Crippen molar-refractivity contribution < 1.29 is 9.72 Å². The summed E-state index contributed by atoms with van der Waals surface area (Å²) in [6.45, 7) is 3.29. The van der Waals surface area contributed by atoms with Crippen LogP contribution in [0.5, 0.6) is 0 Å². The van der Waals surface area contributed by atoms with Crippen molar-refractivity contribution in [3.8, 4) is 0 Å². The van der Waals surface area contributed by atoms with Crippen molar-refractivity contribution in [2.45, 2.75) is 25.8 Å². The molecule has 1 aromatic rings. The van der Waals surface area contributed by atoms with Crippen LogP contribution in [-0.4, -0.2) is 30.0 Å². The molecule has 6 nitrogen and oxygen atoms in total. The molecule has 0 bridgehead atoms. The molecule has 0 aromatic heterocycles. The predicted octanol–water partition coefficient (Wildman–Crippen LogP) is 1.81. The Morgan fingerprint density at radius 1 is 1.55 bits per heavy atom. The highest BCUT2D eigenvalue weighted by Crippen LogP contribution is 2.17. The average molecular weight is 300 g/mol. The molecule has 1 aliphatic heterocycles. The maximum atomic E-state index is 12.0. The number of halogens is 1. The van der Waals surface area contributed by atoms with Crippen molar-refractivity contribution in [2.75, 3.05) is 13.1 Å². The second kappa shape index (κ2) is 7.21. The van der Waals surface area contributed by atoms with Gasteiger partial charge in [-0.05, 0) is 37.9 Å². The fourth-order valence-corrected chi connectivity index (χ4v) is 2.26. The van der Waals surface area contributed by atoms with E-state index in [1.165, 1.54) is 18.2 Å². The van der Waals surface area contributed by atoms with Gasteiger partial charge in [0, 0.05) is 30.3 Å². The number of hydrogen-bond donors (Lipinski definition) is 2. The fourth-order valence-electron chi connectivity index (χ4n) is 2.26. The van der Waals surface area contributed by atoms with Crippen molar-refractivity contribution >= 4 is 24.0 Å². The highest BCUT2D eigenvalue weighted by atomic mass is 35.5. The molecule has 1 saturated heterocycles. The first-order chi connectivity index (χ1) is 9.08. The number of nitro benzene ring substituents is 1. The van der Waals surface area contributed by atoms with E-state index < -0.39 is 4.92 Å². The van der Waals surface area contributed by atoms with Crippen molar-refractivity contribution in [2.24, 2.45) is 0 Å². The summed E-state index contributed by atoms with van der Waals surface area (Å²) in [7, 11) is 0. The minimum atomic E-state index is -0.461. The molecular weight excluding hydrogens is 282 g/mol. The van der Waals surface area contributed by atoms with Crippen LogP contribution in [0, 0.1) is 17.0 Å². The largest absolute Gasteiger partial charge is 0.350 e. The maximum absolute atomic E-state index is 12.0. The molecule has 7 heteroatoms. The SMILES string of the molecule is Cc1cc([N+](=O)[O-])ccc1C(=O)NCC1CCCN1.Cl. The van der Waals surface area contributed by atoms with Crippen molar-refractivity contribution in [1.82, 2.24) is 10.6 Å². The molecule has 1 aliphatic rings. The molecule has 110 valence electrons. The lowest BCUT2D eigenvalue weighted by molar-refractivity contribution is -0.384. The number of aryl methyl sites for hydroxylation is 1. The molecule has 2 rings (SSSR count). The summed E-state index contributed by atoms with van der Waals surface area (Å²) in [6.07, 6.45) is 2.20. The molecule has 0 radical (unpaired) electrons. The molecule has 1 unspecified atom stereocenters. The second-order valence-electron chi connectivity index (χ2n) is 4.76. The second-order valence-corrected chi connectivity index (χ2v) is 4.76. The Morgan fingerprint density at radius 2 is 2.30 bits per heavy atom. The van der Waals surface area contributed by atoms with Gasteiger partial charge >= 0.3 is 0 Å². The van der Waals surface area contributed by atoms with Gasteiger partial charge in [-0.15, -0.1) is 12.4 Å². The molecular formula is C13H18ClN3O3. The van der Waals surface area contributed by atoms with E-state index in [2.05, 4.69) is 10.6 Å². The van der Waals surface area contributed by atoms with Gasteiger partial charge in [-0.25, -0.2) is 0 Å². The van der Waals surface area contributed by atoms with E-state index in [0.717, 1.165) is 19.4 Å². The van der Waals surface area contributed by atoms with Crippen LogP contribution >= 0.6 is 12.4 Å². The Bertz CT molecular complexity index is 502. The molecule has 1 heterocycles. The standard InChI is InChI=1S/C13H17N3O3.ClH/c1-9-7-11(16(18)19)4-5-12(9)13(17)15-8-10-3-2-6-14-10;/h4-5,7,10,14H,2-3,6,8H2,1H3,(H,15,17);1H. The zero-order chi connectivity index (χ0) is 13.8. The molecule has 2 N–H and O–H groups in total. The molecule has 20 heavy (non-hydrogen) atoms. The Kier molecular flexibility index (Phi) is 5.91. The first kappa shape index (κ1) is 16.4. The Morgan fingerprint density at radius 3 is 2.85 bits per heavy atom. The quantitative estimate of drug-likeness (QED) is 0.656. The van der Waals surface area contributed by atoms with Crippen LogP contribution in [0.2, 0.25) is 0 Å². The summed E-state index contributed by atoms with van der Waals surface area (Å²) in [6, 6.07) is 4.62. The highest BCUT2D eigenvalue weighted by Gasteiger charge is 2.17. The van der Waals surface area contributed by atoms with E-state index in [-0.39, 0.29) is 24.0 Å². The fraction of sp³-hybridized carbons (Fsp3) is 0.462. The van der Waals surface area contributed by atoms with Crippen LogP contribution in [0.3, 0.4) is 0 Å². The number of rotatable bonds is 4. The summed E-state index contributed by atoms with van der Waals surface area (Å²) in [5.41, 5.74) is 1.11. The van der Waals surface area contributed by atoms with E-state index in [4.69, 9.17) is 0 Å². The number of nitrogens with one attached hydrogen (secondary N) is 2. The first-order valence-electron chi connectivity index (χ1n) is 6.34. The lowest BCUT2D eigenvalue weighted by Crippen LogP contribution is -2.37. The van der Waals surface area contributed by atoms with Crippen molar-refractivity contribution in [1.29, 1.82) is 0 Å². The number of hydrogen-bond acceptors (Lipinski definition) is 4. The summed E-state index contributed by atoms with van der Waals surface area (Å²) in [4.78, 5) is 22.2. The van der Waals surface area contributed by atoms with E-state index in [9.17, 15) is 14.9 Å². The number of nitro groups is 1. The van der Waals surface area contributed by atoms with E-state index in [0.29, 0.717) is 23.7 Å². The van der Waals surface area contributed by atoms with Crippen LogP contribution in [0.15, 0.2) is 18.2 Å². The predicted molar refractivity (Wildman–Crippen MR) is 78.4 cm³/mol. The Hall–Kier alpha value is -1.66. The van der Waals surface area contributed by atoms with Crippen LogP contribution in [0.1, 0.15) is 28.8 Å². The lowest BCUT2D eigenvalue weighted by atomic mass is 10.1. The third-order valence-corrected chi connectivity index (χ3v) is 3.34. The van der Waals surface area contributed by atoms with Gasteiger partial charge < -0.3 is 10.6 Å². The number of benzene rings is 1. The minimum absolute atomic E-state index is 0. The number of carbonyl (C=O) groups excluding carboxylic acids is 1. The van der Waals surface area contributed by atoms with Crippen LogP contribution in [0.4, 0.5) is 5.69 Å². The normalized spacial score (nSPS) is 17.4. The van der Waals surface area contributed by atoms with E-state index in [1.54, 1.807) is 6.92 Å². The van der Waals surface area contributed by atoms with Gasteiger partial charge in [0.15, 0.2) is 0 Å². The maximum Gasteiger partial charge on any atom is 0.269 e.